The highest BCUT2D eigenvalue weighted by Gasteiger charge is 1.89. The quantitative estimate of drug-likeness (QED) is 0.694. The molecule has 1 rings (SSSR count). The molecule has 0 atom stereocenters. The van der Waals surface area contributed by atoms with Crippen LogP contribution in [0.15, 0.2) is 25.6 Å². The van der Waals surface area contributed by atoms with Crippen molar-refractivity contribution < 1.29 is 0 Å². The minimum atomic E-state index is 0.824. The average molecular weight is 194 g/mol. The van der Waals surface area contributed by atoms with Gasteiger partial charge in [0.2, 0.25) is 0 Å². The molecular formula is C12H22N2. The lowest BCUT2D eigenvalue weighted by Crippen LogP contribution is -1.85. The Labute approximate surface area is 88.0 Å². The van der Waals surface area contributed by atoms with Crippen molar-refractivity contribution in [3.8, 4) is 0 Å². The number of nitrogens with zero attached hydrogens (tertiary/aromatic N) is 2. The highest BCUT2D eigenvalue weighted by atomic mass is 15.0. The highest BCUT2D eigenvalue weighted by Crippen LogP contribution is 1.97. The van der Waals surface area contributed by atoms with E-state index < -0.39 is 0 Å². The number of rotatable bonds is 2. The number of aromatic nitrogens is 2. The molecule has 1 aromatic rings. The summed E-state index contributed by atoms with van der Waals surface area (Å²) in [6.45, 7) is 15.4. The van der Waals surface area contributed by atoms with Crippen LogP contribution >= 0.6 is 0 Å². The Kier molecular flexibility index (Phi) is 12.7. The number of hydrogen-bond donors (Lipinski definition) is 0. The van der Waals surface area contributed by atoms with E-state index in [0.29, 0.717) is 0 Å². The van der Waals surface area contributed by atoms with Gasteiger partial charge in [0, 0.05) is 18.6 Å². The Bertz CT molecular complexity index is 214. The maximum atomic E-state index is 3.98. The molecule has 0 unspecified atom stereocenters. The van der Waals surface area contributed by atoms with Crippen LogP contribution < -0.4 is 0 Å². The Hall–Kier alpha value is -1.31. The highest BCUT2D eigenvalue weighted by molar-refractivity contribution is 5.41. The van der Waals surface area contributed by atoms with Crippen LogP contribution in [0.25, 0.3) is 12.3 Å². The van der Waals surface area contributed by atoms with Crippen molar-refractivity contribution in [3.05, 3.63) is 31.4 Å². The van der Waals surface area contributed by atoms with E-state index in [-0.39, 0.29) is 0 Å². The molecule has 0 amide bonds. The topological polar surface area (TPSA) is 17.8 Å². The van der Waals surface area contributed by atoms with E-state index in [9.17, 15) is 0 Å². The normalized spacial score (nSPS) is 7.43. The lowest BCUT2D eigenvalue weighted by molar-refractivity contribution is 1.09. The molecule has 0 aliphatic rings. The van der Waals surface area contributed by atoms with Gasteiger partial charge in [0.05, 0.1) is 0 Å². The van der Waals surface area contributed by atoms with E-state index in [2.05, 4.69) is 32.0 Å². The summed E-state index contributed by atoms with van der Waals surface area (Å²) in [7, 11) is 0. The summed E-state index contributed by atoms with van der Waals surface area (Å²) in [5.41, 5.74) is 0. The van der Waals surface area contributed by atoms with Gasteiger partial charge in [0.1, 0.15) is 5.82 Å². The predicted octanol–water partition coefficient (Wildman–Crippen LogP) is 4.07. The molecule has 2 nitrogen and oxygen atoms in total. The van der Waals surface area contributed by atoms with Crippen molar-refractivity contribution in [2.45, 2.75) is 34.1 Å². The van der Waals surface area contributed by atoms with E-state index in [1.807, 2.05) is 20.0 Å². The monoisotopic (exact) mass is 194 g/mol. The summed E-state index contributed by atoms with van der Waals surface area (Å²) >= 11 is 0. The zero-order chi connectivity index (χ0) is 11.4. The van der Waals surface area contributed by atoms with Gasteiger partial charge in [-0.2, -0.15) is 0 Å². The van der Waals surface area contributed by atoms with Gasteiger partial charge < -0.3 is 4.57 Å². The molecule has 0 aliphatic carbocycles. The van der Waals surface area contributed by atoms with Gasteiger partial charge in [0.15, 0.2) is 0 Å². The predicted molar refractivity (Wildman–Crippen MR) is 66.0 cm³/mol. The summed E-state index contributed by atoms with van der Waals surface area (Å²) in [5.74, 6) is 0.824. The first kappa shape index (κ1) is 15.2. The molecule has 14 heavy (non-hydrogen) atoms. The van der Waals surface area contributed by atoms with Crippen LogP contribution in [0, 0.1) is 0 Å². The van der Waals surface area contributed by atoms with Crippen LogP contribution in [-0.2, 0) is 0 Å². The Morgan fingerprint density at radius 3 is 2.14 bits per heavy atom. The van der Waals surface area contributed by atoms with Crippen molar-refractivity contribution in [1.29, 1.82) is 0 Å². The average Bonchev–Trinajstić information content (AvgIpc) is 2.69. The van der Waals surface area contributed by atoms with Crippen molar-refractivity contribution in [2.24, 2.45) is 0 Å². The van der Waals surface area contributed by atoms with Gasteiger partial charge >= 0.3 is 0 Å². The van der Waals surface area contributed by atoms with Crippen LogP contribution in [0.1, 0.15) is 39.9 Å². The molecular weight excluding hydrogens is 172 g/mol. The third kappa shape index (κ3) is 6.23. The fraction of sp³-hybridized carbons (Fsp3) is 0.417. The molecule has 0 radical (unpaired) electrons. The van der Waals surface area contributed by atoms with Gasteiger partial charge in [-0.05, 0) is 6.08 Å². The molecule has 0 saturated heterocycles. The molecule has 0 aromatic carbocycles. The first-order valence-electron chi connectivity index (χ1n) is 5.07. The molecule has 80 valence electrons. The van der Waals surface area contributed by atoms with Crippen molar-refractivity contribution in [1.82, 2.24) is 9.55 Å². The first-order valence-corrected chi connectivity index (χ1v) is 5.07. The molecule has 2 heteroatoms. The Balaban J connectivity index is 0. The van der Waals surface area contributed by atoms with Gasteiger partial charge in [-0.1, -0.05) is 47.3 Å². The fourth-order valence-electron chi connectivity index (χ4n) is 0.637. The number of hydrogen-bond acceptors (Lipinski definition) is 1. The smallest absolute Gasteiger partial charge is 0.136 e. The van der Waals surface area contributed by atoms with Crippen LogP contribution in [0.3, 0.4) is 0 Å². The maximum Gasteiger partial charge on any atom is 0.136 e. The molecule has 0 aliphatic heterocycles. The fourth-order valence-corrected chi connectivity index (χ4v) is 0.637. The molecule has 0 saturated carbocycles. The van der Waals surface area contributed by atoms with Crippen LogP contribution in [0.4, 0.5) is 0 Å². The summed E-state index contributed by atoms with van der Waals surface area (Å²) in [5, 5.41) is 0. The Morgan fingerprint density at radius 2 is 1.86 bits per heavy atom. The third-order valence-corrected chi connectivity index (χ3v) is 1.08. The van der Waals surface area contributed by atoms with E-state index in [1.54, 1.807) is 23.0 Å². The van der Waals surface area contributed by atoms with E-state index in [1.165, 1.54) is 6.42 Å². The van der Waals surface area contributed by atoms with Gasteiger partial charge in [0.25, 0.3) is 0 Å². The summed E-state index contributed by atoms with van der Waals surface area (Å²) in [6.07, 6.45) is 8.15. The zero-order valence-corrected chi connectivity index (χ0v) is 9.83. The molecule has 1 aromatic heterocycles. The molecule has 0 spiro atoms. The lowest BCUT2D eigenvalue weighted by atomic mass is 10.6. The largest absolute Gasteiger partial charge is 0.308 e. The second-order valence-electron chi connectivity index (χ2n) is 2.29. The van der Waals surface area contributed by atoms with Gasteiger partial charge in [-0.3, -0.25) is 0 Å². The lowest BCUT2D eigenvalue weighted by Gasteiger charge is -1.91. The first-order chi connectivity index (χ1) is 6.79. The Morgan fingerprint density at radius 1 is 1.36 bits per heavy atom. The van der Waals surface area contributed by atoms with Crippen molar-refractivity contribution >= 4 is 12.3 Å². The minimum absolute atomic E-state index is 0.824. The molecule has 0 fully saturated rings. The van der Waals surface area contributed by atoms with Crippen LogP contribution in [0.2, 0.25) is 0 Å². The molecule has 0 bridgehead atoms. The van der Waals surface area contributed by atoms with Crippen molar-refractivity contribution in [2.75, 3.05) is 0 Å². The van der Waals surface area contributed by atoms with E-state index in [4.69, 9.17) is 0 Å². The third-order valence-electron chi connectivity index (χ3n) is 1.08. The molecule has 1 heterocycles. The summed E-state index contributed by atoms with van der Waals surface area (Å²) in [6, 6.07) is 0. The summed E-state index contributed by atoms with van der Waals surface area (Å²) < 4.78 is 1.80. The second kappa shape index (κ2) is 11.7. The van der Waals surface area contributed by atoms with Crippen LogP contribution in [-0.4, -0.2) is 9.55 Å². The zero-order valence-electron chi connectivity index (χ0n) is 9.83. The maximum absolute atomic E-state index is 3.98. The van der Waals surface area contributed by atoms with Crippen molar-refractivity contribution in [3.63, 3.8) is 0 Å². The van der Waals surface area contributed by atoms with E-state index >= 15 is 0 Å². The summed E-state index contributed by atoms with van der Waals surface area (Å²) in [4.78, 5) is 3.98. The standard InChI is InChI=1S/C7H8N2.C3H8.C2H6/c1-3-7-8-5-6-9(7)4-2;1-3-2;1-2/h3-6H,1-2H2;3H2,1-2H3;1-2H3. The number of imidazole rings is 1. The van der Waals surface area contributed by atoms with Gasteiger partial charge in [-0.25, -0.2) is 4.98 Å². The molecule has 0 N–H and O–H groups in total. The van der Waals surface area contributed by atoms with E-state index in [0.717, 1.165) is 5.82 Å². The SMILES string of the molecule is C=Cc1nccn1C=C.CC.CCC. The second-order valence-corrected chi connectivity index (χ2v) is 2.29. The van der Waals surface area contributed by atoms with Crippen LogP contribution in [0.5, 0.6) is 0 Å². The minimum Gasteiger partial charge on any atom is -0.308 e. The van der Waals surface area contributed by atoms with Gasteiger partial charge in [-0.15, -0.1) is 0 Å².